The van der Waals surface area contributed by atoms with Crippen LogP contribution in [-0.2, 0) is 17.3 Å². The number of aryl methyl sites for hydroxylation is 1. The molecule has 1 aromatic carbocycles. The van der Waals surface area contributed by atoms with Crippen LogP contribution in [0.5, 0.6) is 5.75 Å². The molecule has 2 saturated carbocycles. The Morgan fingerprint density at radius 3 is 2.61 bits per heavy atom. The lowest BCUT2D eigenvalue weighted by Crippen LogP contribution is -2.20. The normalized spacial score (nSPS) is 19.4. The number of rotatable bonds is 10. The maximum absolute atomic E-state index is 14.6. The van der Waals surface area contributed by atoms with Gasteiger partial charge in [0, 0.05) is 65.2 Å². The predicted molar refractivity (Wildman–Crippen MR) is 159 cm³/mol. The molecule has 4 aromatic rings. The standard InChI is InChI=1S/C29H32F2N6O2S2/c1-15-24(28-36-26-23(40-28)8-9-32-25(26)17-5-6-17)27(35-18-7-4-16(10-18)14-41(3)38)37-29(34-15)33-13-20-21(30)11-19(39-2)12-22(20)31/h8-9,11-12,16-18H,4-7,10,13-14H2,1-3H3,(H2,33,34,35,37). The van der Waals surface area contributed by atoms with Crippen molar-refractivity contribution < 1.29 is 17.7 Å². The molecule has 41 heavy (non-hydrogen) atoms. The summed E-state index contributed by atoms with van der Waals surface area (Å²) < 4.78 is 47.0. The molecule has 3 atom stereocenters. The lowest BCUT2D eigenvalue weighted by molar-refractivity contribution is 0.405. The Labute approximate surface area is 243 Å². The van der Waals surface area contributed by atoms with Gasteiger partial charge in [0.1, 0.15) is 33.7 Å². The molecule has 0 amide bonds. The Kier molecular flexibility index (Phi) is 7.86. The number of halogens is 2. The first kappa shape index (κ1) is 27.9. The second-order valence-corrected chi connectivity index (χ2v) is 13.4. The molecule has 2 fully saturated rings. The number of nitrogens with zero attached hydrogens (tertiary/aromatic N) is 4. The number of pyridine rings is 1. The van der Waals surface area contributed by atoms with Crippen molar-refractivity contribution in [2.75, 3.05) is 29.8 Å². The quantitative estimate of drug-likeness (QED) is 0.223. The monoisotopic (exact) mass is 598 g/mol. The number of hydrogen-bond acceptors (Lipinski definition) is 9. The molecule has 0 spiro atoms. The average molecular weight is 599 g/mol. The van der Waals surface area contributed by atoms with Crippen LogP contribution in [0.2, 0.25) is 0 Å². The molecule has 8 nitrogen and oxygen atoms in total. The van der Waals surface area contributed by atoms with Crippen LogP contribution < -0.4 is 15.4 Å². The van der Waals surface area contributed by atoms with Crippen molar-refractivity contribution >= 4 is 44.1 Å². The highest BCUT2D eigenvalue weighted by atomic mass is 32.2. The number of thiazole rings is 1. The van der Waals surface area contributed by atoms with Crippen molar-refractivity contribution in [2.24, 2.45) is 5.92 Å². The van der Waals surface area contributed by atoms with E-state index in [1.54, 1.807) is 17.6 Å². The summed E-state index contributed by atoms with van der Waals surface area (Å²) >= 11 is 1.59. The van der Waals surface area contributed by atoms with Gasteiger partial charge in [-0.3, -0.25) is 9.19 Å². The van der Waals surface area contributed by atoms with Crippen LogP contribution in [0.3, 0.4) is 0 Å². The van der Waals surface area contributed by atoms with E-state index in [0.717, 1.165) is 70.7 Å². The molecule has 12 heteroatoms. The molecule has 2 N–H and O–H groups in total. The number of ether oxygens (including phenoxy) is 1. The van der Waals surface area contributed by atoms with E-state index in [1.807, 2.05) is 19.2 Å². The summed E-state index contributed by atoms with van der Waals surface area (Å²) in [6.45, 7) is 1.76. The fourth-order valence-corrected chi connectivity index (χ4v) is 7.60. The van der Waals surface area contributed by atoms with Gasteiger partial charge in [-0.05, 0) is 51.0 Å². The van der Waals surface area contributed by atoms with E-state index in [4.69, 9.17) is 14.7 Å². The first-order valence-corrected chi connectivity index (χ1v) is 16.3. The van der Waals surface area contributed by atoms with Crippen LogP contribution in [-0.4, -0.2) is 49.3 Å². The largest absolute Gasteiger partial charge is 0.497 e. The molecule has 6 rings (SSSR count). The summed E-state index contributed by atoms with van der Waals surface area (Å²) in [6, 6.07) is 4.45. The van der Waals surface area contributed by atoms with Gasteiger partial charge in [0.15, 0.2) is 0 Å². The molecule has 3 aromatic heterocycles. The maximum atomic E-state index is 14.6. The first-order valence-electron chi connectivity index (χ1n) is 13.8. The van der Waals surface area contributed by atoms with Crippen LogP contribution in [0, 0.1) is 24.5 Å². The van der Waals surface area contributed by atoms with E-state index in [2.05, 4.69) is 20.6 Å². The third-order valence-electron chi connectivity index (χ3n) is 7.73. The Bertz CT molecular complexity index is 1600. The highest BCUT2D eigenvalue weighted by molar-refractivity contribution is 7.84. The zero-order chi connectivity index (χ0) is 28.7. The van der Waals surface area contributed by atoms with Crippen LogP contribution in [0.4, 0.5) is 20.5 Å². The number of aromatic nitrogens is 4. The van der Waals surface area contributed by atoms with E-state index < -0.39 is 22.4 Å². The SMILES string of the molecule is COc1cc(F)c(CNc2nc(C)c(-c3nc4c(C5CC5)nccc4s3)c(NC3CCC(CS(C)=O)C3)n2)c(F)c1. The summed E-state index contributed by atoms with van der Waals surface area (Å²) in [7, 11) is 0.520. The summed E-state index contributed by atoms with van der Waals surface area (Å²) in [4.78, 5) is 19.1. The lowest BCUT2D eigenvalue weighted by Gasteiger charge is -2.18. The first-order chi connectivity index (χ1) is 19.8. The zero-order valence-electron chi connectivity index (χ0n) is 23.2. The minimum atomic E-state index is -0.842. The van der Waals surface area contributed by atoms with Gasteiger partial charge in [0.25, 0.3) is 0 Å². The summed E-state index contributed by atoms with van der Waals surface area (Å²) in [5, 5.41) is 7.43. The number of benzene rings is 1. The molecular formula is C29H32F2N6O2S2. The molecular weight excluding hydrogens is 566 g/mol. The van der Waals surface area contributed by atoms with E-state index in [-0.39, 0.29) is 29.8 Å². The second-order valence-electron chi connectivity index (χ2n) is 10.9. The third kappa shape index (κ3) is 6.04. The minimum Gasteiger partial charge on any atom is -0.497 e. The van der Waals surface area contributed by atoms with Crippen molar-refractivity contribution in [2.45, 2.75) is 57.5 Å². The fraction of sp³-hybridized carbons (Fsp3) is 0.448. The smallest absolute Gasteiger partial charge is 0.225 e. The van der Waals surface area contributed by atoms with Gasteiger partial charge in [0.05, 0.1) is 28.8 Å². The lowest BCUT2D eigenvalue weighted by atomic mass is 10.1. The minimum absolute atomic E-state index is 0.115. The molecule has 2 aliphatic rings. The summed E-state index contributed by atoms with van der Waals surface area (Å²) in [5.41, 5.74) is 3.36. The predicted octanol–water partition coefficient (Wildman–Crippen LogP) is 6.19. The summed E-state index contributed by atoms with van der Waals surface area (Å²) in [6.07, 6.45) is 8.69. The fourth-order valence-electron chi connectivity index (χ4n) is 5.57. The van der Waals surface area contributed by atoms with Gasteiger partial charge in [-0.1, -0.05) is 0 Å². The Hall–Kier alpha value is -3.25. The Morgan fingerprint density at radius 1 is 1.12 bits per heavy atom. The van der Waals surface area contributed by atoms with Gasteiger partial charge in [-0.2, -0.15) is 4.98 Å². The van der Waals surface area contributed by atoms with Crippen molar-refractivity contribution in [3.63, 3.8) is 0 Å². The molecule has 0 bridgehead atoms. The molecule has 0 radical (unpaired) electrons. The zero-order valence-corrected chi connectivity index (χ0v) is 24.8. The van der Waals surface area contributed by atoms with Gasteiger partial charge in [-0.15, -0.1) is 11.3 Å². The highest BCUT2D eigenvalue weighted by Crippen LogP contribution is 2.44. The van der Waals surface area contributed by atoms with E-state index in [9.17, 15) is 13.0 Å². The third-order valence-corrected chi connectivity index (χ3v) is 9.71. The summed E-state index contributed by atoms with van der Waals surface area (Å²) in [5.74, 6) is 1.12. The van der Waals surface area contributed by atoms with Gasteiger partial charge in [0.2, 0.25) is 5.95 Å². The molecule has 0 aliphatic heterocycles. The van der Waals surface area contributed by atoms with Crippen molar-refractivity contribution in [3.8, 4) is 16.3 Å². The van der Waals surface area contributed by atoms with Crippen LogP contribution in [0.1, 0.15) is 55.0 Å². The topological polar surface area (TPSA) is 102 Å². The average Bonchev–Trinajstić information content (AvgIpc) is 3.54. The van der Waals surface area contributed by atoms with E-state index in [1.165, 1.54) is 7.11 Å². The Balaban J connectivity index is 1.34. The van der Waals surface area contributed by atoms with Crippen LogP contribution in [0.25, 0.3) is 20.8 Å². The maximum Gasteiger partial charge on any atom is 0.225 e. The second kappa shape index (κ2) is 11.6. The number of methoxy groups -OCH3 is 1. The number of anilines is 2. The van der Waals surface area contributed by atoms with Crippen LogP contribution in [0.15, 0.2) is 24.4 Å². The highest BCUT2D eigenvalue weighted by Gasteiger charge is 2.30. The number of nitrogens with one attached hydrogen (secondary N) is 2. The van der Waals surface area contributed by atoms with E-state index in [0.29, 0.717) is 29.1 Å². The van der Waals surface area contributed by atoms with Gasteiger partial charge >= 0.3 is 0 Å². The molecule has 2 aliphatic carbocycles. The van der Waals surface area contributed by atoms with E-state index >= 15 is 0 Å². The Morgan fingerprint density at radius 2 is 1.90 bits per heavy atom. The van der Waals surface area contributed by atoms with Crippen molar-refractivity contribution in [1.29, 1.82) is 0 Å². The number of fused-ring (bicyclic) bond motifs is 1. The van der Waals surface area contributed by atoms with Gasteiger partial charge < -0.3 is 15.4 Å². The molecule has 3 heterocycles. The van der Waals surface area contributed by atoms with Crippen LogP contribution >= 0.6 is 11.3 Å². The molecule has 3 unspecified atom stereocenters. The number of hydrogen-bond donors (Lipinski definition) is 2. The van der Waals surface area contributed by atoms with Crippen molar-refractivity contribution in [1.82, 2.24) is 19.9 Å². The molecule has 0 saturated heterocycles. The van der Waals surface area contributed by atoms with Gasteiger partial charge in [-0.25, -0.2) is 18.7 Å². The molecule has 216 valence electrons. The van der Waals surface area contributed by atoms with Crippen molar-refractivity contribution in [3.05, 3.63) is 53.0 Å².